The van der Waals surface area contributed by atoms with E-state index < -0.39 is 5.95 Å². The van der Waals surface area contributed by atoms with Crippen LogP contribution in [0.25, 0.3) is 0 Å². The molecule has 0 aliphatic carbocycles. The quantitative estimate of drug-likeness (QED) is 0.698. The van der Waals surface area contributed by atoms with Crippen molar-refractivity contribution in [1.82, 2.24) is 9.88 Å². The van der Waals surface area contributed by atoms with Crippen LogP contribution < -0.4 is 4.90 Å². The highest BCUT2D eigenvalue weighted by Gasteiger charge is 2.25. The van der Waals surface area contributed by atoms with E-state index in [1.807, 2.05) is 6.07 Å². The highest BCUT2D eigenvalue weighted by molar-refractivity contribution is 5.45. The molecule has 0 aromatic carbocycles. The number of pyridine rings is 1. The highest BCUT2D eigenvalue weighted by Crippen LogP contribution is 2.20. The fourth-order valence-corrected chi connectivity index (χ4v) is 2.22. The van der Waals surface area contributed by atoms with Crippen molar-refractivity contribution in [2.75, 3.05) is 31.1 Å². The number of rotatable bonds is 1. The molecule has 1 aliphatic rings. The zero-order valence-corrected chi connectivity index (χ0v) is 10.8. The van der Waals surface area contributed by atoms with Crippen molar-refractivity contribution >= 4 is 5.69 Å². The predicted molar refractivity (Wildman–Crippen MR) is 67.7 cm³/mol. The lowest BCUT2D eigenvalue weighted by atomic mass is 10.0. The Balaban J connectivity index is 2.00. The van der Waals surface area contributed by atoms with E-state index in [1.165, 1.54) is 12.3 Å². The normalized spacial score (nSPS) is 18.5. The van der Waals surface area contributed by atoms with Gasteiger partial charge in [-0.15, -0.1) is 0 Å². The van der Waals surface area contributed by atoms with Crippen LogP contribution in [-0.4, -0.2) is 41.6 Å². The van der Waals surface area contributed by atoms with Crippen LogP contribution >= 0.6 is 0 Å². The van der Waals surface area contributed by atoms with Crippen LogP contribution in [0.4, 0.5) is 10.1 Å². The standard InChI is InChI=1S/C13H20FN3/c1-13(2,3)17-8-6-16(7-9-17)11-4-5-15-12(14)10-11/h4-5,10H,6-9H2,1-3H3. The van der Waals surface area contributed by atoms with E-state index >= 15 is 0 Å². The second-order valence-corrected chi connectivity index (χ2v) is 5.48. The van der Waals surface area contributed by atoms with Gasteiger partial charge in [0.25, 0.3) is 0 Å². The first-order chi connectivity index (χ1) is 7.97. The van der Waals surface area contributed by atoms with E-state index in [1.54, 1.807) is 0 Å². The summed E-state index contributed by atoms with van der Waals surface area (Å²) >= 11 is 0. The van der Waals surface area contributed by atoms with Crippen molar-refractivity contribution in [3.05, 3.63) is 24.3 Å². The van der Waals surface area contributed by atoms with Crippen LogP contribution in [0.3, 0.4) is 0 Å². The van der Waals surface area contributed by atoms with Gasteiger partial charge in [-0.05, 0) is 26.8 Å². The summed E-state index contributed by atoms with van der Waals surface area (Å²) in [6.07, 6.45) is 1.53. The minimum atomic E-state index is -0.402. The molecule has 0 atom stereocenters. The molecule has 0 bridgehead atoms. The third-order valence-corrected chi connectivity index (χ3v) is 3.30. The van der Waals surface area contributed by atoms with Gasteiger partial charge >= 0.3 is 0 Å². The molecule has 0 amide bonds. The van der Waals surface area contributed by atoms with Crippen molar-refractivity contribution in [2.24, 2.45) is 0 Å². The largest absolute Gasteiger partial charge is 0.369 e. The average molecular weight is 237 g/mol. The third-order valence-electron chi connectivity index (χ3n) is 3.30. The summed E-state index contributed by atoms with van der Waals surface area (Å²) in [5.41, 5.74) is 1.15. The smallest absolute Gasteiger partial charge is 0.214 e. The van der Waals surface area contributed by atoms with Crippen molar-refractivity contribution in [2.45, 2.75) is 26.3 Å². The monoisotopic (exact) mass is 237 g/mol. The molecule has 1 saturated heterocycles. The van der Waals surface area contributed by atoms with Crippen molar-refractivity contribution in [3.63, 3.8) is 0 Å². The summed E-state index contributed by atoms with van der Waals surface area (Å²) < 4.78 is 13.0. The minimum Gasteiger partial charge on any atom is -0.369 e. The third kappa shape index (κ3) is 2.94. The number of anilines is 1. The average Bonchev–Trinajstić information content (AvgIpc) is 2.28. The second-order valence-electron chi connectivity index (χ2n) is 5.48. The summed E-state index contributed by atoms with van der Waals surface area (Å²) in [4.78, 5) is 8.26. The van der Waals surface area contributed by atoms with Crippen LogP contribution in [0.15, 0.2) is 18.3 Å². The maximum atomic E-state index is 13.0. The Morgan fingerprint density at radius 2 is 1.82 bits per heavy atom. The van der Waals surface area contributed by atoms with Gasteiger partial charge < -0.3 is 4.90 Å². The topological polar surface area (TPSA) is 19.4 Å². The Morgan fingerprint density at radius 3 is 2.35 bits per heavy atom. The fraction of sp³-hybridized carbons (Fsp3) is 0.615. The molecule has 17 heavy (non-hydrogen) atoms. The van der Waals surface area contributed by atoms with Crippen molar-refractivity contribution in [1.29, 1.82) is 0 Å². The molecule has 2 heterocycles. The van der Waals surface area contributed by atoms with Crippen LogP contribution in [0, 0.1) is 5.95 Å². The maximum Gasteiger partial charge on any atom is 0.214 e. The van der Waals surface area contributed by atoms with Gasteiger partial charge in [0.15, 0.2) is 0 Å². The van der Waals surface area contributed by atoms with Gasteiger partial charge in [0.1, 0.15) is 0 Å². The zero-order valence-electron chi connectivity index (χ0n) is 10.8. The molecule has 0 spiro atoms. The molecule has 1 fully saturated rings. The van der Waals surface area contributed by atoms with Gasteiger partial charge in [0.05, 0.1) is 0 Å². The SMILES string of the molecule is CC(C)(C)N1CCN(c2ccnc(F)c2)CC1. The predicted octanol–water partition coefficient (Wildman–Crippen LogP) is 2.14. The molecule has 0 unspecified atom stereocenters. The number of aromatic nitrogens is 1. The molecular formula is C13H20FN3. The molecule has 0 N–H and O–H groups in total. The molecular weight excluding hydrogens is 217 g/mol. The molecule has 1 aliphatic heterocycles. The number of hydrogen-bond acceptors (Lipinski definition) is 3. The molecule has 0 radical (unpaired) electrons. The maximum absolute atomic E-state index is 13.0. The number of halogens is 1. The van der Waals surface area contributed by atoms with Gasteiger partial charge in [-0.1, -0.05) is 0 Å². The van der Waals surface area contributed by atoms with Gasteiger partial charge in [-0.2, -0.15) is 4.39 Å². The van der Waals surface area contributed by atoms with Crippen molar-refractivity contribution < 1.29 is 4.39 Å². The Labute approximate surface area is 102 Å². The number of hydrogen-bond donors (Lipinski definition) is 0. The van der Waals surface area contributed by atoms with E-state index in [9.17, 15) is 4.39 Å². The Morgan fingerprint density at radius 1 is 1.18 bits per heavy atom. The summed E-state index contributed by atoms with van der Waals surface area (Å²) in [6.45, 7) is 10.6. The first-order valence-electron chi connectivity index (χ1n) is 6.08. The summed E-state index contributed by atoms with van der Waals surface area (Å²) in [5.74, 6) is -0.402. The number of nitrogens with zero attached hydrogens (tertiary/aromatic N) is 3. The van der Waals surface area contributed by atoms with Gasteiger partial charge in [-0.25, -0.2) is 4.98 Å². The molecule has 94 valence electrons. The van der Waals surface area contributed by atoms with E-state index in [2.05, 4.69) is 35.6 Å². The number of piperazine rings is 1. The Hall–Kier alpha value is -1.16. The molecule has 3 nitrogen and oxygen atoms in total. The highest BCUT2D eigenvalue weighted by atomic mass is 19.1. The Kier molecular flexibility index (Phi) is 3.33. The van der Waals surface area contributed by atoms with E-state index in [4.69, 9.17) is 0 Å². The molecule has 1 aromatic rings. The van der Waals surface area contributed by atoms with E-state index in [0.717, 1.165) is 31.9 Å². The van der Waals surface area contributed by atoms with Crippen LogP contribution in [-0.2, 0) is 0 Å². The summed E-state index contributed by atoms with van der Waals surface area (Å²) in [6, 6.07) is 3.38. The lowest BCUT2D eigenvalue weighted by Crippen LogP contribution is -2.53. The zero-order chi connectivity index (χ0) is 12.5. The fourth-order valence-electron chi connectivity index (χ4n) is 2.22. The second kappa shape index (κ2) is 4.61. The van der Waals surface area contributed by atoms with Crippen LogP contribution in [0.2, 0.25) is 0 Å². The van der Waals surface area contributed by atoms with Crippen molar-refractivity contribution in [3.8, 4) is 0 Å². The molecule has 4 heteroatoms. The molecule has 0 saturated carbocycles. The molecule has 2 rings (SSSR count). The first kappa shape index (κ1) is 12.3. The van der Waals surface area contributed by atoms with E-state index in [-0.39, 0.29) is 5.54 Å². The van der Waals surface area contributed by atoms with Crippen LogP contribution in [0.5, 0.6) is 0 Å². The summed E-state index contributed by atoms with van der Waals surface area (Å²) in [5, 5.41) is 0. The van der Waals surface area contributed by atoms with Gasteiger partial charge in [0.2, 0.25) is 5.95 Å². The lowest BCUT2D eigenvalue weighted by molar-refractivity contribution is 0.128. The van der Waals surface area contributed by atoms with E-state index in [0.29, 0.717) is 0 Å². The van der Waals surface area contributed by atoms with Gasteiger partial charge in [-0.3, -0.25) is 4.90 Å². The lowest BCUT2D eigenvalue weighted by Gasteiger charge is -2.43. The minimum absolute atomic E-state index is 0.218. The Bertz CT molecular complexity index is 378. The van der Waals surface area contributed by atoms with Gasteiger partial charge in [0, 0.05) is 49.7 Å². The summed E-state index contributed by atoms with van der Waals surface area (Å²) in [7, 11) is 0. The van der Waals surface area contributed by atoms with Crippen LogP contribution in [0.1, 0.15) is 20.8 Å². The molecule has 1 aromatic heterocycles. The first-order valence-corrected chi connectivity index (χ1v) is 6.08.